The highest BCUT2D eigenvalue weighted by molar-refractivity contribution is 5.06. The molecule has 2 aliphatic heterocycles. The molecule has 0 radical (unpaired) electrons. The van der Waals surface area contributed by atoms with Crippen molar-refractivity contribution in [2.45, 2.75) is 37.1 Å². The fraction of sp³-hybridized carbons (Fsp3) is 1.00. The molecule has 2 heterocycles. The van der Waals surface area contributed by atoms with Crippen LogP contribution in [0.3, 0.4) is 0 Å². The Balaban J connectivity index is 1.91. The average molecular weight is 168 g/mol. The lowest BCUT2D eigenvalue weighted by Crippen LogP contribution is -2.49. The Morgan fingerprint density at radius 1 is 1.00 bits per heavy atom. The van der Waals surface area contributed by atoms with Gasteiger partial charge in [0.2, 0.25) is 5.79 Å². The third-order valence-electron chi connectivity index (χ3n) is 2.93. The van der Waals surface area contributed by atoms with Crippen LogP contribution >= 0.6 is 0 Å². The number of hydrogen-bond acceptors (Lipinski definition) is 4. The van der Waals surface area contributed by atoms with E-state index in [1.807, 2.05) is 0 Å². The van der Waals surface area contributed by atoms with Crippen LogP contribution in [0.25, 0.3) is 0 Å². The maximum absolute atomic E-state index is 5.70. The van der Waals surface area contributed by atoms with Gasteiger partial charge in [0, 0.05) is 0 Å². The van der Waals surface area contributed by atoms with Crippen LogP contribution in [0.1, 0.15) is 19.3 Å². The Hall–Kier alpha value is -0.480. The van der Waals surface area contributed by atoms with Gasteiger partial charge in [0.15, 0.2) is 0 Å². The molecule has 1 aliphatic carbocycles. The van der Waals surface area contributed by atoms with Gasteiger partial charge in [0.1, 0.15) is 12.1 Å². The first kappa shape index (κ1) is 6.97. The number of azo groups is 1. The molecule has 1 spiro atoms. The standard InChI is InChI=1S/C8H12N2O2/c1-4-11-8(12-5-1)6-2-3-7(8)10-9-6/h6-7H,1-5H2. The summed E-state index contributed by atoms with van der Waals surface area (Å²) < 4.78 is 11.4. The van der Waals surface area contributed by atoms with Crippen LogP contribution in [0.5, 0.6) is 0 Å². The average Bonchev–Trinajstić information content (AvgIpc) is 2.63. The summed E-state index contributed by atoms with van der Waals surface area (Å²) in [6.07, 6.45) is 3.16. The second-order valence-corrected chi connectivity index (χ2v) is 3.61. The first-order chi connectivity index (χ1) is 5.92. The zero-order chi connectivity index (χ0) is 8.02. The van der Waals surface area contributed by atoms with Crippen molar-refractivity contribution in [2.75, 3.05) is 13.2 Å². The van der Waals surface area contributed by atoms with Crippen LogP contribution in [-0.2, 0) is 9.47 Å². The Kier molecular flexibility index (Phi) is 1.32. The smallest absolute Gasteiger partial charge is 0.217 e. The molecule has 3 aliphatic rings. The van der Waals surface area contributed by atoms with E-state index in [2.05, 4.69) is 10.2 Å². The second-order valence-electron chi connectivity index (χ2n) is 3.61. The molecular formula is C8H12N2O2. The molecule has 2 fully saturated rings. The molecule has 2 atom stereocenters. The topological polar surface area (TPSA) is 43.2 Å². The van der Waals surface area contributed by atoms with Crippen molar-refractivity contribution < 1.29 is 9.47 Å². The van der Waals surface area contributed by atoms with E-state index < -0.39 is 5.79 Å². The van der Waals surface area contributed by atoms with Crippen molar-refractivity contribution in [3.05, 3.63) is 0 Å². The molecule has 12 heavy (non-hydrogen) atoms. The molecule has 0 aromatic carbocycles. The van der Waals surface area contributed by atoms with E-state index >= 15 is 0 Å². The maximum Gasteiger partial charge on any atom is 0.217 e. The molecule has 3 rings (SSSR count). The van der Waals surface area contributed by atoms with E-state index in [0.717, 1.165) is 32.5 Å². The SMILES string of the molecule is C1COC2(OC1)C1CCC2N=N1. The predicted octanol–water partition coefficient (Wildman–Crippen LogP) is 1.12. The quantitative estimate of drug-likeness (QED) is 0.544. The highest BCUT2D eigenvalue weighted by Crippen LogP contribution is 2.45. The molecule has 66 valence electrons. The molecule has 0 aromatic heterocycles. The fourth-order valence-corrected chi connectivity index (χ4v) is 2.33. The van der Waals surface area contributed by atoms with Crippen LogP contribution in [0.15, 0.2) is 10.2 Å². The molecule has 4 heteroatoms. The zero-order valence-electron chi connectivity index (χ0n) is 6.90. The number of hydrogen-bond donors (Lipinski definition) is 0. The normalized spacial score (nSPS) is 42.7. The van der Waals surface area contributed by atoms with E-state index in [9.17, 15) is 0 Å². The summed E-state index contributed by atoms with van der Waals surface area (Å²) in [7, 11) is 0. The highest BCUT2D eigenvalue weighted by Gasteiger charge is 2.58. The molecule has 0 amide bonds. The van der Waals surface area contributed by atoms with Crippen molar-refractivity contribution in [2.24, 2.45) is 10.2 Å². The van der Waals surface area contributed by atoms with Gasteiger partial charge < -0.3 is 9.47 Å². The van der Waals surface area contributed by atoms with Crippen LogP contribution in [0.2, 0.25) is 0 Å². The molecule has 0 N–H and O–H groups in total. The highest BCUT2D eigenvalue weighted by atomic mass is 16.7. The summed E-state index contributed by atoms with van der Waals surface area (Å²) in [5, 5.41) is 8.31. The molecule has 2 bridgehead atoms. The van der Waals surface area contributed by atoms with Crippen LogP contribution in [0, 0.1) is 0 Å². The van der Waals surface area contributed by atoms with Crippen molar-refractivity contribution >= 4 is 0 Å². The van der Waals surface area contributed by atoms with Gasteiger partial charge in [-0.1, -0.05) is 0 Å². The van der Waals surface area contributed by atoms with Gasteiger partial charge in [-0.25, -0.2) is 0 Å². The Morgan fingerprint density at radius 3 is 2.08 bits per heavy atom. The van der Waals surface area contributed by atoms with Gasteiger partial charge in [-0.15, -0.1) is 0 Å². The third kappa shape index (κ3) is 0.696. The molecular weight excluding hydrogens is 156 g/mol. The fourth-order valence-electron chi connectivity index (χ4n) is 2.33. The lowest BCUT2D eigenvalue weighted by atomic mass is 10.1. The van der Waals surface area contributed by atoms with Crippen LogP contribution < -0.4 is 0 Å². The lowest BCUT2D eigenvalue weighted by molar-refractivity contribution is -0.267. The Morgan fingerprint density at radius 2 is 1.58 bits per heavy atom. The summed E-state index contributed by atoms with van der Waals surface area (Å²) in [5.74, 6) is -0.432. The minimum Gasteiger partial charge on any atom is -0.346 e. The van der Waals surface area contributed by atoms with E-state index in [-0.39, 0.29) is 12.1 Å². The molecule has 0 aromatic rings. The monoisotopic (exact) mass is 168 g/mol. The van der Waals surface area contributed by atoms with Gasteiger partial charge in [-0.2, -0.15) is 10.2 Å². The summed E-state index contributed by atoms with van der Waals surface area (Å²) >= 11 is 0. The second kappa shape index (κ2) is 2.26. The van der Waals surface area contributed by atoms with E-state index in [1.165, 1.54) is 0 Å². The summed E-state index contributed by atoms with van der Waals surface area (Å²) in [6.45, 7) is 1.61. The van der Waals surface area contributed by atoms with Gasteiger partial charge in [0.25, 0.3) is 0 Å². The number of ether oxygens (including phenoxy) is 2. The largest absolute Gasteiger partial charge is 0.346 e. The Labute approximate surface area is 71.0 Å². The summed E-state index contributed by atoms with van der Waals surface area (Å²) in [4.78, 5) is 0. The van der Waals surface area contributed by atoms with Crippen molar-refractivity contribution in [1.82, 2.24) is 0 Å². The van der Waals surface area contributed by atoms with Crippen molar-refractivity contribution in [1.29, 1.82) is 0 Å². The minimum atomic E-state index is -0.432. The van der Waals surface area contributed by atoms with Gasteiger partial charge in [0.05, 0.1) is 13.2 Å². The van der Waals surface area contributed by atoms with E-state index in [4.69, 9.17) is 9.47 Å². The molecule has 1 saturated carbocycles. The van der Waals surface area contributed by atoms with Gasteiger partial charge in [-0.3, -0.25) is 0 Å². The Bertz CT molecular complexity index is 207. The maximum atomic E-state index is 5.70. The number of rotatable bonds is 0. The van der Waals surface area contributed by atoms with Crippen LogP contribution in [-0.4, -0.2) is 31.1 Å². The van der Waals surface area contributed by atoms with Crippen molar-refractivity contribution in [3.63, 3.8) is 0 Å². The summed E-state index contributed by atoms with van der Waals surface area (Å²) in [6, 6.07) is 0.366. The lowest BCUT2D eigenvalue weighted by Gasteiger charge is -2.35. The zero-order valence-corrected chi connectivity index (χ0v) is 6.90. The van der Waals surface area contributed by atoms with E-state index in [1.54, 1.807) is 0 Å². The molecule has 2 unspecified atom stereocenters. The van der Waals surface area contributed by atoms with Gasteiger partial charge >= 0.3 is 0 Å². The van der Waals surface area contributed by atoms with Gasteiger partial charge in [-0.05, 0) is 19.3 Å². The minimum absolute atomic E-state index is 0.183. The summed E-state index contributed by atoms with van der Waals surface area (Å²) in [5.41, 5.74) is 0. The van der Waals surface area contributed by atoms with E-state index in [0.29, 0.717) is 0 Å². The first-order valence-corrected chi connectivity index (χ1v) is 4.60. The third-order valence-corrected chi connectivity index (χ3v) is 2.93. The number of nitrogens with zero attached hydrogens (tertiary/aromatic N) is 2. The van der Waals surface area contributed by atoms with Crippen LogP contribution in [0.4, 0.5) is 0 Å². The van der Waals surface area contributed by atoms with Crippen molar-refractivity contribution in [3.8, 4) is 0 Å². The predicted molar refractivity (Wildman–Crippen MR) is 40.9 cm³/mol. The molecule has 4 nitrogen and oxygen atoms in total. The molecule has 1 saturated heterocycles. The first-order valence-electron chi connectivity index (χ1n) is 4.60.